The van der Waals surface area contributed by atoms with Gasteiger partial charge in [-0.3, -0.25) is 4.40 Å². The summed E-state index contributed by atoms with van der Waals surface area (Å²) < 4.78 is 1.99. The average Bonchev–Trinajstić information content (AvgIpc) is 2.94. The Balaban J connectivity index is 1.90. The highest BCUT2D eigenvalue weighted by Crippen LogP contribution is 2.12. The third-order valence-corrected chi connectivity index (χ3v) is 3.08. The number of nitrogens with zero attached hydrogens (tertiary/aromatic N) is 2. The van der Waals surface area contributed by atoms with Gasteiger partial charge in [-0.15, -0.1) is 0 Å². The monoisotopic (exact) mass is 264 g/mol. The Morgan fingerprint density at radius 3 is 2.65 bits per heavy atom. The van der Waals surface area contributed by atoms with Crippen LogP contribution in [0.25, 0.3) is 17.7 Å². The van der Waals surface area contributed by atoms with Gasteiger partial charge in [-0.2, -0.15) is 0 Å². The summed E-state index contributed by atoms with van der Waals surface area (Å²) >= 11 is 0. The highest BCUT2D eigenvalue weighted by Gasteiger charge is 2.00. The van der Waals surface area contributed by atoms with Crippen LogP contribution in [0.3, 0.4) is 0 Å². The molecular formula is C16H12N2O2. The van der Waals surface area contributed by atoms with E-state index in [9.17, 15) is 4.79 Å². The molecule has 0 amide bonds. The predicted molar refractivity (Wildman–Crippen MR) is 77.5 cm³/mol. The van der Waals surface area contributed by atoms with Crippen LogP contribution < -0.4 is 0 Å². The van der Waals surface area contributed by atoms with Gasteiger partial charge in [-0.05, 0) is 35.9 Å². The van der Waals surface area contributed by atoms with Crippen molar-refractivity contribution >= 4 is 23.6 Å². The molecule has 2 heterocycles. The number of imidazole rings is 1. The smallest absolute Gasteiger partial charge is 0.335 e. The van der Waals surface area contributed by atoms with Crippen LogP contribution in [-0.2, 0) is 0 Å². The first-order chi connectivity index (χ1) is 9.74. The van der Waals surface area contributed by atoms with E-state index in [4.69, 9.17) is 5.11 Å². The lowest BCUT2D eigenvalue weighted by Crippen LogP contribution is -1.94. The normalized spacial score (nSPS) is 11.2. The van der Waals surface area contributed by atoms with Gasteiger partial charge in [0.05, 0.1) is 23.6 Å². The van der Waals surface area contributed by atoms with Gasteiger partial charge in [0.2, 0.25) is 0 Å². The molecule has 1 aromatic carbocycles. The van der Waals surface area contributed by atoms with E-state index in [0.29, 0.717) is 5.56 Å². The first kappa shape index (κ1) is 12.2. The van der Waals surface area contributed by atoms with Gasteiger partial charge in [0.25, 0.3) is 0 Å². The fourth-order valence-corrected chi connectivity index (χ4v) is 2.02. The lowest BCUT2D eigenvalue weighted by Gasteiger charge is -2.00. The Labute approximate surface area is 115 Å². The number of aromatic carboxylic acids is 1. The van der Waals surface area contributed by atoms with Crippen LogP contribution in [0.2, 0.25) is 0 Å². The first-order valence-electron chi connectivity index (χ1n) is 6.16. The molecule has 0 saturated heterocycles. The minimum Gasteiger partial charge on any atom is -0.478 e. The van der Waals surface area contributed by atoms with E-state index in [-0.39, 0.29) is 0 Å². The number of hydrogen-bond donors (Lipinski definition) is 1. The second-order valence-electron chi connectivity index (χ2n) is 4.40. The fraction of sp³-hybridized carbons (Fsp3) is 0. The fourth-order valence-electron chi connectivity index (χ4n) is 2.02. The minimum atomic E-state index is -0.913. The van der Waals surface area contributed by atoms with Gasteiger partial charge >= 0.3 is 5.97 Å². The molecule has 3 aromatic rings. The first-order valence-corrected chi connectivity index (χ1v) is 6.16. The molecule has 0 fully saturated rings. The van der Waals surface area contributed by atoms with E-state index in [0.717, 1.165) is 16.8 Å². The van der Waals surface area contributed by atoms with Crippen LogP contribution in [0, 0.1) is 0 Å². The summed E-state index contributed by atoms with van der Waals surface area (Å²) in [6.07, 6.45) is 7.49. The zero-order chi connectivity index (χ0) is 13.9. The van der Waals surface area contributed by atoms with Crippen molar-refractivity contribution in [3.63, 3.8) is 0 Å². The lowest BCUT2D eigenvalue weighted by atomic mass is 10.1. The number of rotatable bonds is 3. The molecule has 4 heteroatoms. The van der Waals surface area contributed by atoms with E-state index in [1.54, 1.807) is 36.8 Å². The number of aromatic nitrogens is 2. The molecule has 20 heavy (non-hydrogen) atoms. The van der Waals surface area contributed by atoms with Gasteiger partial charge in [-0.25, -0.2) is 9.78 Å². The Hall–Kier alpha value is -2.88. The molecule has 0 atom stereocenters. The second-order valence-corrected chi connectivity index (χ2v) is 4.40. The number of fused-ring (bicyclic) bond motifs is 1. The maximum Gasteiger partial charge on any atom is 0.335 e. The van der Waals surface area contributed by atoms with Crippen molar-refractivity contribution in [2.75, 3.05) is 0 Å². The van der Waals surface area contributed by atoms with Crippen molar-refractivity contribution in [1.82, 2.24) is 9.38 Å². The largest absolute Gasteiger partial charge is 0.478 e. The average molecular weight is 264 g/mol. The number of carbonyl (C=O) groups is 1. The van der Waals surface area contributed by atoms with Crippen molar-refractivity contribution in [1.29, 1.82) is 0 Å². The van der Waals surface area contributed by atoms with Crippen LogP contribution in [0.5, 0.6) is 0 Å². The molecule has 0 aliphatic heterocycles. The van der Waals surface area contributed by atoms with Crippen molar-refractivity contribution in [3.8, 4) is 0 Å². The Bertz CT molecular complexity index is 786. The third-order valence-electron chi connectivity index (χ3n) is 3.08. The van der Waals surface area contributed by atoms with Gasteiger partial charge in [0.1, 0.15) is 0 Å². The predicted octanol–water partition coefficient (Wildman–Crippen LogP) is 3.20. The van der Waals surface area contributed by atoms with Gasteiger partial charge in [0, 0.05) is 5.69 Å². The Morgan fingerprint density at radius 2 is 1.90 bits per heavy atom. The molecule has 3 rings (SSSR count). The topological polar surface area (TPSA) is 54.6 Å². The Morgan fingerprint density at radius 1 is 1.10 bits per heavy atom. The minimum absolute atomic E-state index is 0.291. The van der Waals surface area contributed by atoms with E-state index < -0.39 is 5.97 Å². The summed E-state index contributed by atoms with van der Waals surface area (Å²) in [5.74, 6) is -0.913. The van der Waals surface area contributed by atoms with Gasteiger partial charge in [-0.1, -0.05) is 24.3 Å². The third kappa shape index (κ3) is 2.31. The molecular weight excluding hydrogens is 252 g/mol. The molecule has 0 spiro atoms. The van der Waals surface area contributed by atoms with Crippen molar-refractivity contribution < 1.29 is 9.90 Å². The summed E-state index contributed by atoms with van der Waals surface area (Å²) in [7, 11) is 0. The standard InChI is InChI=1S/C16H12N2O2/c19-16(20)13-7-4-12(5-8-13)6-9-14-2-1-3-15-10-17-11-18(14)15/h1-11H,(H,19,20)/b9-6+. The molecule has 0 aliphatic carbocycles. The molecule has 1 N–H and O–H groups in total. The highest BCUT2D eigenvalue weighted by molar-refractivity contribution is 5.88. The van der Waals surface area contributed by atoms with Crippen molar-refractivity contribution in [3.05, 3.63) is 71.8 Å². The van der Waals surface area contributed by atoms with Crippen LogP contribution in [0.1, 0.15) is 21.6 Å². The maximum absolute atomic E-state index is 10.8. The summed E-state index contributed by atoms with van der Waals surface area (Å²) in [5.41, 5.74) is 3.29. The molecule has 0 bridgehead atoms. The number of carboxylic acids is 1. The molecule has 0 saturated carbocycles. The van der Waals surface area contributed by atoms with Crippen LogP contribution in [0.4, 0.5) is 0 Å². The summed E-state index contributed by atoms with van der Waals surface area (Å²) in [6, 6.07) is 12.7. The number of hydrogen-bond acceptors (Lipinski definition) is 2. The summed E-state index contributed by atoms with van der Waals surface area (Å²) in [6.45, 7) is 0. The summed E-state index contributed by atoms with van der Waals surface area (Å²) in [4.78, 5) is 14.9. The zero-order valence-electron chi connectivity index (χ0n) is 10.6. The molecule has 4 nitrogen and oxygen atoms in total. The Kier molecular flexibility index (Phi) is 3.05. The SMILES string of the molecule is O=C(O)c1ccc(/C=C/c2cccc3cncn23)cc1. The van der Waals surface area contributed by atoms with Crippen molar-refractivity contribution in [2.24, 2.45) is 0 Å². The van der Waals surface area contributed by atoms with Crippen molar-refractivity contribution in [2.45, 2.75) is 0 Å². The summed E-state index contributed by atoms with van der Waals surface area (Å²) in [5, 5.41) is 8.85. The number of pyridine rings is 1. The van der Waals surface area contributed by atoms with E-state index in [1.165, 1.54) is 0 Å². The van der Waals surface area contributed by atoms with Crippen LogP contribution in [0.15, 0.2) is 55.0 Å². The number of carboxylic acid groups (broad SMARTS) is 1. The maximum atomic E-state index is 10.8. The molecule has 0 radical (unpaired) electrons. The molecule has 98 valence electrons. The second kappa shape index (κ2) is 5.01. The van der Waals surface area contributed by atoms with E-state index in [2.05, 4.69) is 4.98 Å². The molecule has 0 unspecified atom stereocenters. The highest BCUT2D eigenvalue weighted by atomic mass is 16.4. The zero-order valence-corrected chi connectivity index (χ0v) is 10.6. The number of benzene rings is 1. The molecule has 0 aliphatic rings. The molecule has 2 aromatic heterocycles. The quantitative estimate of drug-likeness (QED) is 0.790. The van der Waals surface area contributed by atoms with Gasteiger partial charge in [0.15, 0.2) is 0 Å². The van der Waals surface area contributed by atoms with E-state index in [1.807, 2.05) is 34.8 Å². The lowest BCUT2D eigenvalue weighted by molar-refractivity contribution is 0.0697. The van der Waals surface area contributed by atoms with Gasteiger partial charge < -0.3 is 5.11 Å². The van der Waals surface area contributed by atoms with Crippen LogP contribution in [-0.4, -0.2) is 20.5 Å². The van der Waals surface area contributed by atoms with Crippen LogP contribution >= 0.6 is 0 Å². The van der Waals surface area contributed by atoms with E-state index >= 15 is 0 Å².